The molecule has 1 aliphatic rings. The number of aliphatic hydroxyl groups excluding tert-OH is 3. The van der Waals surface area contributed by atoms with Gasteiger partial charge >= 0.3 is 19.8 Å². The van der Waals surface area contributed by atoms with Crippen molar-refractivity contribution in [1.82, 2.24) is 0 Å². The van der Waals surface area contributed by atoms with Crippen molar-refractivity contribution in [3.05, 3.63) is 24.3 Å². The van der Waals surface area contributed by atoms with Gasteiger partial charge in [0.25, 0.3) is 0 Å². The van der Waals surface area contributed by atoms with Crippen molar-refractivity contribution in [1.29, 1.82) is 0 Å². The van der Waals surface area contributed by atoms with Crippen LogP contribution < -0.4 is 5.73 Å². The molecule has 0 aromatic carbocycles. The van der Waals surface area contributed by atoms with E-state index in [4.69, 9.17) is 24.3 Å². The molecule has 0 radical (unpaired) electrons. The Morgan fingerprint density at radius 1 is 0.750 bits per heavy atom. The molecular formula is C43H80NO11P. The van der Waals surface area contributed by atoms with Crippen LogP contribution in [0, 0.1) is 11.8 Å². The van der Waals surface area contributed by atoms with E-state index in [0.29, 0.717) is 19.3 Å². The van der Waals surface area contributed by atoms with E-state index in [1.807, 2.05) is 0 Å². The molecule has 12 nitrogen and oxygen atoms in total. The molecule has 1 unspecified atom stereocenters. The first-order chi connectivity index (χ1) is 27.0. The number of aliphatic hydroxyl groups is 3. The van der Waals surface area contributed by atoms with Crippen LogP contribution in [0.4, 0.5) is 0 Å². The SMILES string of the molecule is CCCCCCCCCCCCCCCCCCCC(=O)O[C@H](COC(=O)C/C=C\C[C@H]1[C@@H](/C=C/[C@H](O)CCCCC)[C@H](O)C[C@@H]1O)COP(=O)(O)OCCN. The quantitative estimate of drug-likeness (QED) is 0.0173. The Hall–Kier alpha value is -1.63. The smallest absolute Gasteiger partial charge is 0.461 e. The molecule has 328 valence electrons. The third-order valence-electron chi connectivity index (χ3n) is 10.4. The standard InChI is InChI=1S/C43H80NO11P/c1-3-5-7-8-9-10-11-12-13-14-15-16-17-18-19-20-22-28-43(49)55-37(35-54-56(50,51)53-32-31-44)34-52-42(48)27-24-23-26-38-39(41(47)33-40(38)46)30-29-36(45)25-21-6-4-2/h23-24,29-30,36-41,45-47H,3-22,25-28,31-35,44H2,1-2H3,(H,50,51)/b24-23-,30-29+/t36-,37-,38+,39-,40+,41-/m1/s1. The maximum atomic E-state index is 12.6. The highest BCUT2D eigenvalue weighted by Gasteiger charge is 2.39. The van der Waals surface area contributed by atoms with Crippen molar-refractivity contribution in [2.24, 2.45) is 17.6 Å². The summed E-state index contributed by atoms with van der Waals surface area (Å²) in [4.78, 5) is 35.1. The van der Waals surface area contributed by atoms with Gasteiger partial charge in [-0.15, -0.1) is 0 Å². The second-order valence-corrected chi connectivity index (χ2v) is 17.0. The Bertz CT molecular complexity index is 1090. The Balaban J connectivity index is 2.41. The highest BCUT2D eigenvalue weighted by Crippen LogP contribution is 2.43. The molecular weight excluding hydrogens is 737 g/mol. The molecule has 0 aromatic rings. The summed E-state index contributed by atoms with van der Waals surface area (Å²) in [5, 5.41) is 31.3. The fourth-order valence-corrected chi connectivity index (χ4v) is 7.84. The number of hydrogen-bond acceptors (Lipinski definition) is 11. The summed E-state index contributed by atoms with van der Waals surface area (Å²) in [6.07, 6.45) is 29.1. The molecule has 0 aromatic heterocycles. The van der Waals surface area contributed by atoms with Crippen molar-refractivity contribution < 1.29 is 52.9 Å². The minimum Gasteiger partial charge on any atom is -0.461 e. The van der Waals surface area contributed by atoms with E-state index in [9.17, 15) is 34.4 Å². The lowest BCUT2D eigenvalue weighted by molar-refractivity contribution is -0.160. The number of phosphoric ester groups is 1. The van der Waals surface area contributed by atoms with Crippen LogP contribution in [0.3, 0.4) is 0 Å². The zero-order valence-electron chi connectivity index (χ0n) is 35.0. The van der Waals surface area contributed by atoms with Gasteiger partial charge < -0.3 is 35.4 Å². The van der Waals surface area contributed by atoms with Crippen molar-refractivity contribution in [2.75, 3.05) is 26.4 Å². The number of unbranched alkanes of at least 4 members (excludes halogenated alkanes) is 18. The maximum absolute atomic E-state index is 12.6. The molecule has 1 fully saturated rings. The molecule has 13 heteroatoms. The van der Waals surface area contributed by atoms with Crippen LogP contribution in [0.25, 0.3) is 0 Å². The molecule has 1 rings (SSSR count). The molecule has 0 amide bonds. The lowest BCUT2D eigenvalue weighted by Gasteiger charge is -2.20. The zero-order valence-corrected chi connectivity index (χ0v) is 35.8. The van der Waals surface area contributed by atoms with Crippen LogP contribution in [0.5, 0.6) is 0 Å². The summed E-state index contributed by atoms with van der Waals surface area (Å²) in [6.45, 7) is 3.27. The molecule has 6 N–H and O–H groups in total. The first-order valence-electron chi connectivity index (χ1n) is 22.1. The Kier molecular flexibility index (Phi) is 32.0. The van der Waals surface area contributed by atoms with Crippen LogP contribution in [0.15, 0.2) is 24.3 Å². The molecule has 0 aliphatic heterocycles. The average molecular weight is 818 g/mol. The molecule has 0 saturated heterocycles. The number of carbonyl (C=O) groups excluding carboxylic acids is 2. The van der Waals surface area contributed by atoms with Gasteiger partial charge in [0.05, 0.1) is 37.9 Å². The van der Waals surface area contributed by atoms with Gasteiger partial charge in [-0.25, -0.2) is 4.57 Å². The first-order valence-corrected chi connectivity index (χ1v) is 23.6. The summed E-state index contributed by atoms with van der Waals surface area (Å²) >= 11 is 0. The van der Waals surface area contributed by atoms with E-state index in [2.05, 4.69) is 13.8 Å². The summed E-state index contributed by atoms with van der Waals surface area (Å²) in [6, 6.07) is 0. The van der Waals surface area contributed by atoms with Crippen LogP contribution in [-0.4, -0.2) is 82.9 Å². The maximum Gasteiger partial charge on any atom is 0.472 e. The number of allylic oxidation sites excluding steroid dienone is 1. The van der Waals surface area contributed by atoms with Crippen LogP contribution in [0.1, 0.15) is 174 Å². The number of rotatable bonds is 37. The van der Waals surface area contributed by atoms with Gasteiger partial charge in [0.2, 0.25) is 0 Å². The second kappa shape index (κ2) is 34.3. The Labute approximate surface area is 339 Å². The largest absolute Gasteiger partial charge is 0.472 e. The molecule has 56 heavy (non-hydrogen) atoms. The molecule has 1 aliphatic carbocycles. The Morgan fingerprint density at radius 2 is 1.30 bits per heavy atom. The number of carbonyl (C=O) groups is 2. The number of hydrogen-bond donors (Lipinski definition) is 5. The minimum absolute atomic E-state index is 0.0106. The van der Waals surface area contributed by atoms with Crippen LogP contribution >= 0.6 is 7.82 Å². The van der Waals surface area contributed by atoms with Gasteiger partial charge in [-0.2, -0.15) is 0 Å². The lowest BCUT2D eigenvalue weighted by Crippen LogP contribution is -2.29. The Morgan fingerprint density at radius 3 is 1.88 bits per heavy atom. The minimum atomic E-state index is -4.45. The van der Waals surface area contributed by atoms with Crippen molar-refractivity contribution in [2.45, 2.75) is 199 Å². The van der Waals surface area contributed by atoms with Crippen molar-refractivity contribution in [3.8, 4) is 0 Å². The van der Waals surface area contributed by atoms with E-state index in [1.165, 1.54) is 83.5 Å². The van der Waals surface area contributed by atoms with Gasteiger partial charge in [0, 0.05) is 25.3 Å². The van der Waals surface area contributed by atoms with E-state index >= 15 is 0 Å². The van der Waals surface area contributed by atoms with Gasteiger partial charge in [-0.3, -0.25) is 18.6 Å². The van der Waals surface area contributed by atoms with Crippen LogP contribution in [0.2, 0.25) is 0 Å². The van der Waals surface area contributed by atoms with Gasteiger partial charge in [-0.1, -0.05) is 160 Å². The third kappa shape index (κ3) is 27.9. The van der Waals surface area contributed by atoms with Crippen molar-refractivity contribution >= 4 is 19.8 Å². The highest BCUT2D eigenvalue weighted by atomic mass is 31.2. The summed E-state index contributed by atoms with van der Waals surface area (Å²) in [5.41, 5.74) is 5.34. The van der Waals surface area contributed by atoms with Crippen molar-refractivity contribution in [3.63, 3.8) is 0 Å². The highest BCUT2D eigenvalue weighted by molar-refractivity contribution is 7.47. The summed E-state index contributed by atoms with van der Waals surface area (Å²) in [7, 11) is -4.45. The van der Waals surface area contributed by atoms with Gasteiger partial charge in [0.15, 0.2) is 6.10 Å². The third-order valence-corrected chi connectivity index (χ3v) is 11.4. The fourth-order valence-electron chi connectivity index (χ4n) is 7.08. The molecule has 7 atom stereocenters. The van der Waals surface area contributed by atoms with E-state index in [-0.39, 0.29) is 50.9 Å². The average Bonchev–Trinajstić information content (AvgIpc) is 3.44. The van der Waals surface area contributed by atoms with E-state index in [0.717, 1.165) is 38.5 Å². The fraction of sp³-hybridized carbons (Fsp3) is 0.860. The number of esters is 2. The monoisotopic (exact) mass is 818 g/mol. The molecule has 0 spiro atoms. The number of phosphoric acid groups is 1. The second-order valence-electron chi connectivity index (χ2n) is 15.6. The summed E-state index contributed by atoms with van der Waals surface area (Å²) < 4.78 is 32.7. The van der Waals surface area contributed by atoms with Gasteiger partial charge in [-0.05, 0) is 25.2 Å². The normalized spacial score (nSPS) is 20.8. The topological polar surface area (TPSA) is 195 Å². The molecule has 0 heterocycles. The zero-order chi connectivity index (χ0) is 41.3. The van der Waals surface area contributed by atoms with E-state index in [1.54, 1.807) is 24.3 Å². The number of nitrogens with two attached hydrogens (primary N) is 1. The predicted octanol–water partition coefficient (Wildman–Crippen LogP) is 8.77. The lowest BCUT2D eigenvalue weighted by atomic mass is 9.89. The first kappa shape index (κ1) is 52.4. The summed E-state index contributed by atoms with van der Waals surface area (Å²) in [5.74, 6) is -1.72. The van der Waals surface area contributed by atoms with Crippen LogP contribution in [-0.2, 0) is 32.7 Å². The number of ether oxygens (including phenoxy) is 2. The molecule has 0 bridgehead atoms. The predicted molar refractivity (Wildman–Crippen MR) is 222 cm³/mol. The molecule has 1 saturated carbocycles. The van der Waals surface area contributed by atoms with E-state index < -0.39 is 50.8 Å². The van der Waals surface area contributed by atoms with Gasteiger partial charge in [0.1, 0.15) is 6.61 Å².